The van der Waals surface area contributed by atoms with E-state index >= 15 is 0 Å². The van der Waals surface area contributed by atoms with Crippen molar-refractivity contribution in [2.45, 2.75) is 44.1 Å². The Balaban J connectivity index is 2.06. The number of hydrogen-bond acceptors (Lipinski definition) is 3. The molecule has 0 aliphatic heterocycles. The maximum atomic E-state index is 8.39. The van der Waals surface area contributed by atoms with Gasteiger partial charge in [0.05, 0.1) is 6.07 Å². The van der Waals surface area contributed by atoms with E-state index in [0.29, 0.717) is 12.0 Å². The number of nitrogens with zero attached hydrogens (tertiary/aromatic N) is 2. The summed E-state index contributed by atoms with van der Waals surface area (Å²) in [5.41, 5.74) is 0.426. The summed E-state index contributed by atoms with van der Waals surface area (Å²) in [7, 11) is 4.35. The first kappa shape index (κ1) is 12.5. The van der Waals surface area contributed by atoms with Gasteiger partial charge in [0, 0.05) is 18.5 Å². The molecule has 1 N–H and O–H groups in total. The van der Waals surface area contributed by atoms with Crippen LogP contribution < -0.4 is 5.32 Å². The average molecular weight is 209 g/mol. The van der Waals surface area contributed by atoms with E-state index in [9.17, 15) is 0 Å². The summed E-state index contributed by atoms with van der Waals surface area (Å²) in [4.78, 5) is 2.36. The van der Waals surface area contributed by atoms with E-state index in [0.717, 1.165) is 25.9 Å². The third-order valence-electron chi connectivity index (χ3n) is 3.58. The number of hydrogen-bond donors (Lipinski definition) is 1. The highest BCUT2D eigenvalue weighted by Gasteiger charge is 2.38. The highest BCUT2D eigenvalue weighted by atomic mass is 15.2. The van der Waals surface area contributed by atoms with Crippen LogP contribution in [0.25, 0.3) is 0 Å². The van der Waals surface area contributed by atoms with Gasteiger partial charge >= 0.3 is 0 Å². The van der Waals surface area contributed by atoms with Gasteiger partial charge in [-0.15, -0.1) is 0 Å². The predicted molar refractivity (Wildman–Crippen MR) is 62.6 cm³/mol. The lowest BCUT2D eigenvalue weighted by atomic mass is 9.75. The van der Waals surface area contributed by atoms with Gasteiger partial charge in [0.1, 0.15) is 0 Å². The third kappa shape index (κ3) is 3.48. The van der Waals surface area contributed by atoms with Gasteiger partial charge in [-0.1, -0.05) is 0 Å². The highest BCUT2D eigenvalue weighted by molar-refractivity contribution is 4.97. The number of unbranched alkanes of at least 4 members (excludes halogenated alkanes) is 2. The fourth-order valence-corrected chi connectivity index (χ4v) is 2.14. The van der Waals surface area contributed by atoms with Crippen molar-refractivity contribution in [2.24, 2.45) is 0 Å². The van der Waals surface area contributed by atoms with Crippen LogP contribution in [0.3, 0.4) is 0 Å². The minimum absolute atomic E-state index is 0.426. The zero-order valence-electron chi connectivity index (χ0n) is 10.1. The second kappa shape index (κ2) is 6.09. The van der Waals surface area contributed by atoms with Crippen LogP contribution in [-0.2, 0) is 0 Å². The molecular formula is C12H23N3. The number of rotatable bonds is 7. The number of nitrogens with one attached hydrogen (secondary N) is 1. The molecule has 0 aromatic heterocycles. The Hall–Kier alpha value is -0.590. The lowest BCUT2D eigenvalue weighted by Crippen LogP contribution is -2.56. The summed E-state index contributed by atoms with van der Waals surface area (Å²) in [6, 6.07) is 2.18. The van der Waals surface area contributed by atoms with Crippen molar-refractivity contribution in [2.75, 3.05) is 27.2 Å². The van der Waals surface area contributed by atoms with Crippen molar-refractivity contribution in [3.63, 3.8) is 0 Å². The zero-order valence-corrected chi connectivity index (χ0v) is 10.1. The van der Waals surface area contributed by atoms with Crippen LogP contribution in [0.4, 0.5) is 0 Å². The van der Waals surface area contributed by atoms with E-state index in [1.54, 1.807) is 0 Å². The van der Waals surface area contributed by atoms with E-state index in [1.165, 1.54) is 19.3 Å². The van der Waals surface area contributed by atoms with Crippen LogP contribution in [-0.4, -0.2) is 37.6 Å². The molecule has 1 fully saturated rings. The quantitative estimate of drug-likeness (QED) is 0.649. The second-order valence-corrected chi connectivity index (χ2v) is 4.76. The predicted octanol–water partition coefficient (Wildman–Crippen LogP) is 1.75. The molecular weight excluding hydrogens is 186 g/mol. The van der Waals surface area contributed by atoms with E-state index in [-0.39, 0.29) is 0 Å². The molecule has 0 unspecified atom stereocenters. The summed E-state index contributed by atoms with van der Waals surface area (Å²) in [6.45, 7) is 2.16. The Morgan fingerprint density at radius 1 is 1.33 bits per heavy atom. The Kier molecular flexibility index (Phi) is 5.07. The van der Waals surface area contributed by atoms with Gasteiger partial charge in [-0.3, -0.25) is 0 Å². The lowest BCUT2D eigenvalue weighted by Gasteiger charge is -2.47. The average Bonchev–Trinajstić information content (AvgIpc) is 2.13. The van der Waals surface area contributed by atoms with Crippen LogP contribution in [0.2, 0.25) is 0 Å². The molecule has 3 nitrogen and oxygen atoms in total. The van der Waals surface area contributed by atoms with Gasteiger partial charge in [-0.25, -0.2) is 0 Å². The second-order valence-electron chi connectivity index (χ2n) is 4.76. The van der Waals surface area contributed by atoms with Crippen molar-refractivity contribution in [3.05, 3.63) is 0 Å². The van der Waals surface area contributed by atoms with E-state index in [1.807, 2.05) is 0 Å². The molecule has 15 heavy (non-hydrogen) atoms. The Morgan fingerprint density at radius 3 is 2.53 bits per heavy atom. The molecule has 1 aliphatic carbocycles. The molecule has 1 aliphatic rings. The Morgan fingerprint density at radius 2 is 2.07 bits per heavy atom. The fraction of sp³-hybridized carbons (Fsp3) is 0.917. The van der Waals surface area contributed by atoms with Crippen LogP contribution >= 0.6 is 0 Å². The van der Waals surface area contributed by atoms with Crippen LogP contribution in [0.1, 0.15) is 38.5 Å². The number of likely N-dealkylation sites (N-methyl/N-ethyl adjacent to an activating group) is 1. The highest BCUT2D eigenvalue weighted by Crippen LogP contribution is 2.35. The van der Waals surface area contributed by atoms with Crippen LogP contribution in [0, 0.1) is 11.3 Å². The van der Waals surface area contributed by atoms with Gasteiger partial charge in [-0.2, -0.15) is 5.26 Å². The van der Waals surface area contributed by atoms with E-state index < -0.39 is 0 Å². The van der Waals surface area contributed by atoms with Crippen molar-refractivity contribution >= 4 is 0 Å². The molecule has 0 radical (unpaired) electrons. The molecule has 0 saturated heterocycles. The lowest BCUT2D eigenvalue weighted by molar-refractivity contribution is 0.0602. The molecule has 0 heterocycles. The van der Waals surface area contributed by atoms with Crippen LogP contribution in [0.5, 0.6) is 0 Å². The minimum atomic E-state index is 0.426. The topological polar surface area (TPSA) is 39.1 Å². The molecule has 0 aromatic carbocycles. The largest absolute Gasteiger partial charge is 0.315 e. The first-order chi connectivity index (χ1) is 7.21. The maximum Gasteiger partial charge on any atom is 0.0621 e. The zero-order chi connectivity index (χ0) is 11.1. The first-order valence-corrected chi connectivity index (χ1v) is 5.96. The standard InChI is InChI=1S/C12H23N3/c1-15(2)12(7-6-8-12)11-14-10-5-3-4-9-13/h14H,3-8,10-11H2,1-2H3. The van der Waals surface area contributed by atoms with Crippen LogP contribution in [0.15, 0.2) is 0 Å². The molecule has 86 valence electrons. The van der Waals surface area contributed by atoms with Gasteiger partial charge in [-0.05, 0) is 52.7 Å². The van der Waals surface area contributed by atoms with Crippen molar-refractivity contribution < 1.29 is 0 Å². The Bertz CT molecular complexity index is 213. The SMILES string of the molecule is CN(C)C1(CNCCCCC#N)CCC1. The first-order valence-electron chi connectivity index (χ1n) is 5.96. The minimum Gasteiger partial charge on any atom is -0.315 e. The monoisotopic (exact) mass is 209 g/mol. The van der Waals surface area contributed by atoms with Gasteiger partial charge in [0.15, 0.2) is 0 Å². The normalized spacial score (nSPS) is 18.5. The summed E-state index contributed by atoms with van der Waals surface area (Å²) in [5.74, 6) is 0. The van der Waals surface area contributed by atoms with Crippen molar-refractivity contribution in [1.82, 2.24) is 10.2 Å². The third-order valence-corrected chi connectivity index (χ3v) is 3.58. The summed E-state index contributed by atoms with van der Waals surface area (Å²) < 4.78 is 0. The molecule has 0 atom stereocenters. The van der Waals surface area contributed by atoms with E-state index in [2.05, 4.69) is 30.4 Å². The summed E-state index contributed by atoms with van der Waals surface area (Å²) in [6.07, 6.45) is 6.86. The molecule has 3 heteroatoms. The summed E-state index contributed by atoms with van der Waals surface area (Å²) in [5, 5.41) is 11.9. The van der Waals surface area contributed by atoms with Gasteiger partial charge in [0.25, 0.3) is 0 Å². The Labute approximate surface area is 93.5 Å². The molecule has 0 amide bonds. The molecule has 0 aromatic rings. The molecule has 0 spiro atoms. The number of nitriles is 1. The van der Waals surface area contributed by atoms with Gasteiger partial charge < -0.3 is 10.2 Å². The molecule has 0 bridgehead atoms. The molecule has 1 saturated carbocycles. The maximum absolute atomic E-state index is 8.39. The molecule has 1 rings (SSSR count). The van der Waals surface area contributed by atoms with Gasteiger partial charge in [0.2, 0.25) is 0 Å². The van der Waals surface area contributed by atoms with E-state index in [4.69, 9.17) is 5.26 Å². The van der Waals surface area contributed by atoms with Crippen molar-refractivity contribution in [3.8, 4) is 6.07 Å². The summed E-state index contributed by atoms with van der Waals surface area (Å²) >= 11 is 0. The van der Waals surface area contributed by atoms with Crippen molar-refractivity contribution in [1.29, 1.82) is 5.26 Å². The fourth-order valence-electron chi connectivity index (χ4n) is 2.14. The smallest absolute Gasteiger partial charge is 0.0621 e.